The van der Waals surface area contributed by atoms with Crippen LogP contribution in [0.5, 0.6) is 0 Å². The average molecular weight is 375 g/mol. The molecule has 0 radical (unpaired) electrons. The summed E-state index contributed by atoms with van der Waals surface area (Å²) in [5.74, 6) is -0.00799. The Bertz CT molecular complexity index is 1050. The van der Waals surface area contributed by atoms with Gasteiger partial charge >= 0.3 is 0 Å². The summed E-state index contributed by atoms with van der Waals surface area (Å²) in [6, 6.07) is 38.0. The zero-order valence-corrected chi connectivity index (χ0v) is 16.0. The Morgan fingerprint density at radius 2 is 1.00 bits per heavy atom. The highest BCUT2D eigenvalue weighted by Crippen LogP contribution is 2.34. The van der Waals surface area contributed by atoms with Gasteiger partial charge in [-0.15, -0.1) is 0 Å². The maximum absolute atomic E-state index is 12.5. The zero-order chi connectivity index (χ0) is 19.9. The third-order valence-corrected chi connectivity index (χ3v) is 4.67. The fourth-order valence-electron chi connectivity index (χ4n) is 3.21. The number of anilines is 3. The number of carbonyl (C=O) groups is 1. The lowest BCUT2D eigenvalue weighted by Gasteiger charge is -2.25. The highest BCUT2D eigenvalue weighted by atomic mass is 16.1. The van der Waals surface area contributed by atoms with E-state index in [4.69, 9.17) is 0 Å². The van der Waals surface area contributed by atoms with Crippen molar-refractivity contribution in [2.24, 2.45) is 0 Å². The van der Waals surface area contributed by atoms with Gasteiger partial charge in [-0.05, 0) is 60.2 Å². The molecule has 2 heteroatoms. The van der Waals surface area contributed by atoms with Gasteiger partial charge in [0.15, 0.2) is 5.78 Å². The number of hydrogen-bond acceptors (Lipinski definition) is 2. The van der Waals surface area contributed by atoms with Crippen molar-refractivity contribution in [3.63, 3.8) is 0 Å². The second-order valence-electron chi connectivity index (χ2n) is 6.66. The minimum atomic E-state index is -0.00799. The molecule has 4 aromatic rings. The van der Waals surface area contributed by atoms with E-state index in [1.54, 1.807) is 6.08 Å². The van der Waals surface area contributed by atoms with Gasteiger partial charge in [-0.1, -0.05) is 72.8 Å². The topological polar surface area (TPSA) is 20.3 Å². The Kier molecular flexibility index (Phi) is 5.63. The molecule has 0 aliphatic carbocycles. The van der Waals surface area contributed by atoms with E-state index in [9.17, 15) is 4.79 Å². The molecular formula is C27H21NO. The summed E-state index contributed by atoms with van der Waals surface area (Å²) in [5, 5.41) is 0. The molecular weight excluding hydrogens is 354 g/mol. The predicted octanol–water partition coefficient (Wildman–Crippen LogP) is 7.05. The summed E-state index contributed by atoms with van der Waals surface area (Å²) in [5.41, 5.74) is 4.83. The van der Waals surface area contributed by atoms with Gasteiger partial charge in [0.1, 0.15) is 0 Å². The highest BCUT2D eigenvalue weighted by molar-refractivity contribution is 6.07. The van der Waals surface area contributed by atoms with Crippen LogP contribution in [0.1, 0.15) is 15.9 Å². The average Bonchev–Trinajstić information content (AvgIpc) is 2.80. The van der Waals surface area contributed by atoms with E-state index in [1.807, 2.05) is 97.1 Å². The van der Waals surface area contributed by atoms with Crippen molar-refractivity contribution >= 4 is 28.9 Å². The molecule has 29 heavy (non-hydrogen) atoms. The minimum absolute atomic E-state index is 0.00799. The number of carbonyl (C=O) groups excluding carboxylic acids is 1. The van der Waals surface area contributed by atoms with Crippen LogP contribution in [0.3, 0.4) is 0 Å². The quantitative estimate of drug-likeness (QED) is 0.266. The van der Waals surface area contributed by atoms with Gasteiger partial charge in [-0.3, -0.25) is 4.79 Å². The number of allylic oxidation sites excluding steroid dienone is 1. The van der Waals surface area contributed by atoms with Crippen molar-refractivity contribution in [1.82, 2.24) is 0 Å². The normalized spacial score (nSPS) is 10.8. The zero-order valence-electron chi connectivity index (χ0n) is 16.0. The molecule has 0 aliphatic heterocycles. The fourth-order valence-corrected chi connectivity index (χ4v) is 3.21. The summed E-state index contributed by atoms with van der Waals surface area (Å²) in [6.07, 6.45) is 3.47. The molecule has 0 saturated carbocycles. The van der Waals surface area contributed by atoms with Crippen molar-refractivity contribution in [1.29, 1.82) is 0 Å². The Morgan fingerprint density at radius 3 is 1.52 bits per heavy atom. The van der Waals surface area contributed by atoms with Gasteiger partial charge in [0, 0.05) is 22.6 Å². The van der Waals surface area contributed by atoms with E-state index >= 15 is 0 Å². The van der Waals surface area contributed by atoms with Crippen molar-refractivity contribution in [3.8, 4) is 0 Å². The first-order chi connectivity index (χ1) is 14.3. The van der Waals surface area contributed by atoms with Gasteiger partial charge in [-0.25, -0.2) is 0 Å². The third kappa shape index (κ3) is 4.50. The van der Waals surface area contributed by atoms with E-state index in [0.29, 0.717) is 5.56 Å². The van der Waals surface area contributed by atoms with Crippen molar-refractivity contribution in [3.05, 3.63) is 132 Å². The Hall–Kier alpha value is -3.91. The molecule has 0 heterocycles. The molecule has 0 unspecified atom stereocenters. The van der Waals surface area contributed by atoms with Crippen LogP contribution in [-0.2, 0) is 0 Å². The van der Waals surface area contributed by atoms with Gasteiger partial charge in [0.05, 0.1) is 0 Å². The summed E-state index contributed by atoms with van der Waals surface area (Å²) in [6.45, 7) is 0. The molecule has 0 fully saturated rings. The number of ketones is 1. The Morgan fingerprint density at radius 1 is 0.552 bits per heavy atom. The molecule has 4 rings (SSSR count). The molecule has 0 bridgehead atoms. The fraction of sp³-hybridized carbons (Fsp3) is 0. The molecule has 0 spiro atoms. The highest BCUT2D eigenvalue weighted by Gasteiger charge is 2.12. The standard InChI is InChI=1S/C27H21NO/c29-27(21-16-22-10-4-1-5-11-22)23-17-19-26(20-18-23)28(24-12-6-2-7-13-24)25-14-8-3-9-15-25/h1-21H. The van der Waals surface area contributed by atoms with Crippen LogP contribution >= 0.6 is 0 Å². The van der Waals surface area contributed by atoms with Crippen LogP contribution in [0.4, 0.5) is 17.1 Å². The number of benzene rings is 4. The van der Waals surface area contributed by atoms with Crippen molar-refractivity contribution in [2.75, 3.05) is 4.90 Å². The first-order valence-corrected chi connectivity index (χ1v) is 9.59. The molecule has 0 saturated heterocycles. The number of rotatable bonds is 6. The molecule has 4 aromatic carbocycles. The van der Waals surface area contributed by atoms with Crippen LogP contribution in [0.2, 0.25) is 0 Å². The summed E-state index contributed by atoms with van der Waals surface area (Å²) in [4.78, 5) is 14.7. The van der Waals surface area contributed by atoms with Crippen LogP contribution in [0, 0.1) is 0 Å². The second-order valence-corrected chi connectivity index (χ2v) is 6.66. The minimum Gasteiger partial charge on any atom is -0.311 e. The first kappa shape index (κ1) is 18.5. The molecule has 0 atom stereocenters. The van der Waals surface area contributed by atoms with Crippen molar-refractivity contribution in [2.45, 2.75) is 0 Å². The number of hydrogen-bond donors (Lipinski definition) is 0. The smallest absolute Gasteiger partial charge is 0.185 e. The molecule has 0 N–H and O–H groups in total. The lowest BCUT2D eigenvalue weighted by Crippen LogP contribution is -2.09. The molecule has 2 nitrogen and oxygen atoms in total. The lowest BCUT2D eigenvalue weighted by atomic mass is 10.1. The van der Waals surface area contributed by atoms with E-state index in [0.717, 1.165) is 22.6 Å². The Balaban J connectivity index is 1.61. The van der Waals surface area contributed by atoms with E-state index in [-0.39, 0.29) is 5.78 Å². The van der Waals surface area contributed by atoms with Crippen LogP contribution < -0.4 is 4.90 Å². The van der Waals surface area contributed by atoms with Gasteiger partial charge in [-0.2, -0.15) is 0 Å². The lowest BCUT2D eigenvalue weighted by molar-refractivity contribution is 0.104. The second kappa shape index (κ2) is 8.85. The maximum Gasteiger partial charge on any atom is 0.185 e. The summed E-state index contributed by atoms with van der Waals surface area (Å²) < 4.78 is 0. The Labute approximate surface area is 171 Å². The molecule has 0 aromatic heterocycles. The van der Waals surface area contributed by atoms with E-state index < -0.39 is 0 Å². The molecule has 0 aliphatic rings. The molecule has 0 amide bonds. The van der Waals surface area contributed by atoms with E-state index in [2.05, 4.69) is 29.2 Å². The third-order valence-electron chi connectivity index (χ3n) is 4.67. The predicted molar refractivity (Wildman–Crippen MR) is 121 cm³/mol. The monoisotopic (exact) mass is 375 g/mol. The van der Waals surface area contributed by atoms with E-state index in [1.165, 1.54) is 0 Å². The summed E-state index contributed by atoms with van der Waals surface area (Å²) >= 11 is 0. The maximum atomic E-state index is 12.5. The molecule has 140 valence electrons. The summed E-state index contributed by atoms with van der Waals surface area (Å²) in [7, 11) is 0. The van der Waals surface area contributed by atoms with Gasteiger partial charge in [0.2, 0.25) is 0 Å². The van der Waals surface area contributed by atoms with Crippen LogP contribution in [0.15, 0.2) is 121 Å². The van der Waals surface area contributed by atoms with Gasteiger partial charge in [0.25, 0.3) is 0 Å². The first-order valence-electron chi connectivity index (χ1n) is 9.59. The number of para-hydroxylation sites is 2. The SMILES string of the molecule is O=C(C=Cc1ccccc1)c1ccc(N(c2ccccc2)c2ccccc2)cc1. The largest absolute Gasteiger partial charge is 0.311 e. The van der Waals surface area contributed by atoms with Gasteiger partial charge < -0.3 is 4.90 Å². The van der Waals surface area contributed by atoms with Crippen molar-refractivity contribution < 1.29 is 4.79 Å². The van der Waals surface area contributed by atoms with Crippen LogP contribution in [-0.4, -0.2) is 5.78 Å². The number of nitrogens with zero attached hydrogens (tertiary/aromatic N) is 1. The van der Waals surface area contributed by atoms with Crippen LogP contribution in [0.25, 0.3) is 6.08 Å².